The molecule has 80 valence electrons. The molecule has 2 heterocycles. The number of aliphatic imine (C=N–C) groups is 1. The Morgan fingerprint density at radius 3 is 3.00 bits per heavy atom. The van der Waals surface area contributed by atoms with Crippen molar-refractivity contribution in [1.29, 1.82) is 0 Å². The SMILES string of the molecule is ClC1=Nc2nc3cccc(Cl)c3cc2SC1. The maximum absolute atomic E-state index is 6.12. The van der Waals surface area contributed by atoms with Crippen LogP contribution in [0.2, 0.25) is 5.02 Å². The number of aromatic nitrogens is 1. The van der Waals surface area contributed by atoms with Crippen LogP contribution in [0.3, 0.4) is 0 Å². The van der Waals surface area contributed by atoms with Crippen LogP contribution in [0.4, 0.5) is 5.82 Å². The van der Waals surface area contributed by atoms with Crippen LogP contribution >= 0.6 is 35.0 Å². The summed E-state index contributed by atoms with van der Waals surface area (Å²) in [6.45, 7) is 0. The predicted octanol–water partition coefficient (Wildman–Crippen LogP) is 4.26. The molecule has 2 nitrogen and oxygen atoms in total. The van der Waals surface area contributed by atoms with E-state index in [1.807, 2.05) is 24.3 Å². The van der Waals surface area contributed by atoms with Gasteiger partial charge in [-0.1, -0.05) is 29.3 Å². The molecule has 1 aliphatic heterocycles. The number of hydrogen-bond donors (Lipinski definition) is 0. The van der Waals surface area contributed by atoms with E-state index in [0.717, 1.165) is 15.8 Å². The van der Waals surface area contributed by atoms with E-state index in [4.69, 9.17) is 23.2 Å². The van der Waals surface area contributed by atoms with Gasteiger partial charge in [-0.2, -0.15) is 0 Å². The molecule has 0 amide bonds. The molecule has 1 aromatic carbocycles. The van der Waals surface area contributed by atoms with Crippen molar-refractivity contribution in [2.24, 2.45) is 4.99 Å². The van der Waals surface area contributed by atoms with E-state index in [9.17, 15) is 0 Å². The summed E-state index contributed by atoms with van der Waals surface area (Å²) < 4.78 is 0. The van der Waals surface area contributed by atoms with Gasteiger partial charge in [0.05, 0.1) is 21.2 Å². The molecule has 0 unspecified atom stereocenters. The average Bonchev–Trinajstić information content (AvgIpc) is 2.27. The fourth-order valence-electron chi connectivity index (χ4n) is 1.60. The second kappa shape index (κ2) is 3.91. The Bertz CT molecular complexity index is 610. The lowest BCUT2D eigenvalue weighted by atomic mass is 10.2. The Hall–Kier alpha value is -0.770. The van der Waals surface area contributed by atoms with Gasteiger partial charge in [0.15, 0.2) is 5.82 Å². The van der Waals surface area contributed by atoms with Crippen LogP contribution in [0.15, 0.2) is 34.2 Å². The minimum absolute atomic E-state index is 0.589. The van der Waals surface area contributed by atoms with Crippen LogP contribution in [0.5, 0.6) is 0 Å². The minimum atomic E-state index is 0.589. The van der Waals surface area contributed by atoms with Crippen molar-refractivity contribution < 1.29 is 0 Å². The second-order valence-electron chi connectivity index (χ2n) is 3.39. The molecular formula is C11H6Cl2N2S. The molecule has 0 N–H and O–H groups in total. The molecule has 0 atom stereocenters. The Morgan fingerprint density at radius 1 is 1.25 bits per heavy atom. The highest BCUT2D eigenvalue weighted by Crippen LogP contribution is 2.36. The third-order valence-corrected chi connectivity index (χ3v) is 4.06. The van der Waals surface area contributed by atoms with E-state index >= 15 is 0 Å². The van der Waals surface area contributed by atoms with Gasteiger partial charge in [0.25, 0.3) is 0 Å². The molecule has 5 heteroatoms. The lowest BCUT2D eigenvalue weighted by Gasteiger charge is -2.11. The fourth-order valence-corrected chi connectivity index (χ4v) is 2.83. The van der Waals surface area contributed by atoms with E-state index in [1.54, 1.807) is 11.8 Å². The van der Waals surface area contributed by atoms with Crippen LogP contribution in [0, 0.1) is 0 Å². The Balaban J connectivity index is 2.33. The number of pyridine rings is 1. The molecule has 0 aliphatic carbocycles. The normalized spacial score (nSPS) is 14.8. The molecule has 3 rings (SSSR count). The summed E-state index contributed by atoms with van der Waals surface area (Å²) in [5.74, 6) is 1.39. The topological polar surface area (TPSA) is 25.2 Å². The van der Waals surface area contributed by atoms with Crippen LogP contribution in [0.1, 0.15) is 0 Å². The quantitative estimate of drug-likeness (QED) is 0.713. The van der Waals surface area contributed by atoms with Gasteiger partial charge in [-0.3, -0.25) is 0 Å². The van der Waals surface area contributed by atoms with E-state index in [2.05, 4.69) is 9.98 Å². The molecule has 1 aliphatic rings. The molecule has 1 aromatic heterocycles. The number of nitrogens with zero attached hydrogens (tertiary/aromatic N) is 2. The zero-order valence-corrected chi connectivity index (χ0v) is 10.4. The van der Waals surface area contributed by atoms with Crippen molar-refractivity contribution in [3.05, 3.63) is 29.3 Å². The number of benzene rings is 1. The summed E-state index contributed by atoms with van der Waals surface area (Å²) in [5.41, 5.74) is 0.849. The largest absolute Gasteiger partial charge is 0.227 e. The van der Waals surface area contributed by atoms with Gasteiger partial charge in [-0.15, -0.1) is 11.8 Å². The minimum Gasteiger partial charge on any atom is -0.227 e. The van der Waals surface area contributed by atoms with E-state index in [1.165, 1.54) is 0 Å². The summed E-state index contributed by atoms with van der Waals surface area (Å²) in [7, 11) is 0. The molecule has 0 saturated carbocycles. The summed E-state index contributed by atoms with van der Waals surface area (Å²) in [5, 5.41) is 2.27. The van der Waals surface area contributed by atoms with Gasteiger partial charge in [-0.05, 0) is 18.2 Å². The van der Waals surface area contributed by atoms with Crippen molar-refractivity contribution >= 4 is 56.9 Å². The predicted molar refractivity (Wildman–Crippen MR) is 70.4 cm³/mol. The number of hydrogen-bond acceptors (Lipinski definition) is 3. The summed E-state index contributed by atoms with van der Waals surface area (Å²) in [4.78, 5) is 9.71. The highest BCUT2D eigenvalue weighted by atomic mass is 35.5. The highest BCUT2D eigenvalue weighted by Gasteiger charge is 2.14. The summed E-state index contributed by atoms with van der Waals surface area (Å²) >= 11 is 13.6. The molecular weight excluding hydrogens is 263 g/mol. The van der Waals surface area contributed by atoms with Gasteiger partial charge >= 0.3 is 0 Å². The first-order valence-corrected chi connectivity index (χ1v) is 6.43. The van der Waals surface area contributed by atoms with Crippen molar-refractivity contribution in [3.8, 4) is 0 Å². The van der Waals surface area contributed by atoms with Gasteiger partial charge < -0.3 is 0 Å². The van der Waals surface area contributed by atoms with Crippen molar-refractivity contribution in [3.63, 3.8) is 0 Å². The van der Waals surface area contributed by atoms with Gasteiger partial charge in [0.2, 0.25) is 0 Å². The van der Waals surface area contributed by atoms with Crippen LogP contribution in [-0.2, 0) is 0 Å². The van der Waals surface area contributed by atoms with E-state index < -0.39 is 0 Å². The van der Waals surface area contributed by atoms with Crippen molar-refractivity contribution in [2.45, 2.75) is 4.90 Å². The molecule has 16 heavy (non-hydrogen) atoms. The number of thioether (sulfide) groups is 1. The van der Waals surface area contributed by atoms with Crippen LogP contribution in [0.25, 0.3) is 10.9 Å². The summed E-state index contributed by atoms with van der Waals surface area (Å²) in [6, 6.07) is 7.69. The van der Waals surface area contributed by atoms with Gasteiger partial charge in [0, 0.05) is 5.39 Å². The zero-order valence-electron chi connectivity index (χ0n) is 8.08. The first-order chi connectivity index (χ1) is 7.74. The third-order valence-electron chi connectivity index (χ3n) is 2.33. The molecule has 0 saturated heterocycles. The average molecular weight is 269 g/mol. The molecule has 0 radical (unpaired) electrons. The second-order valence-corrected chi connectivity index (χ2v) is 5.25. The van der Waals surface area contributed by atoms with Gasteiger partial charge in [0.1, 0.15) is 5.17 Å². The van der Waals surface area contributed by atoms with Crippen molar-refractivity contribution in [2.75, 3.05) is 5.75 Å². The first-order valence-electron chi connectivity index (χ1n) is 4.69. The lowest BCUT2D eigenvalue weighted by Crippen LogP contribution is -1.98. The summed E-state index contributed by atoms with van der Waals surface area (Å²) in [6.07, 6.45) is 0. The number of halogens is 2. The molecule has 0 fully saturated rings. The fraction of sp³-hybridized carbons (Fsp3) is 0.0909. The molecule has 0 bridgehead atoms. The first kappa shape index (κ1) is 10.4. The maximum atomic E-state index is 6.12. The van der Waals surface area contributed by atoms with E-state index in [-0.39, 0.29) is 0 Å². The molecule has 0 spiro atoms. The lowest BCUT2D eigenvalue weighted by molar-refractivity contribution is 1.24. The number of fused-ring (bicyclic) bond motifs is 2. The molecule has 2 aromatic rings. The standard InChI is InChI=1S/C11H6Cl2N2S/c12-7-2-1-3-8-6(7)4-9-11(14-8)15-10(13)5-16-9/h1-4H,5H2. The smallest absolute Gasteiger partial charge is 0.167 e. The van der Waals surface area contributed by atoms with Crippen molar-refractivity contribution in [1.82, 2.24) is 4.98 Å². The van der Waals surface area contributed by atoms with E-state index in [0.29, 0.717) is 21.8 Å². The Labute approximate surface area is 107 Å². The van der Waals surface area contributed by atoms with Gasteiger partial charge in [-0.25, -0.2) is 9.98 Å². The van der Waals surface area contributed by atoms with Crippen LogP contribution in [-0.4, -0.2) is 15.9 Å². The maximum Gasteiger partial charge on any atom is 0.167 e. The highest BCUT2D eigenvalue weighted by molar-refractivity contribution is 8.00. The monoisotopic (exact) mass is 268 g/mol. The third kappa shape index (κ3) is 1.69. The van der Waals surface area contributed by atoms with Crippen LogP contribution < -0.4 is 0 Å². The number of rotatable bonds is 0. The Morgan fingerprint density at radius 2 is 2.12 bits per heavy atom. The zero-order chi connectivity index (χ0) is 11.1. The Kier molecular flexibility index (Phi) is 2.54.